The fourth-order valence-electron chi connectivity index (χ4n) is 2.40. The average Bonchev–Trinajstić information content (AvgIpc) is 2.72. The zero-order chi connectivity index (χ0) is 19.9. The number of hydrogen-bond acceptors (Lipinski definition) is 3. The quantitative estimate of drug-likeness (QED) is 0.310. The summed E-state index contributed by atoms with van der Waals surface area (Å²) in [7, 11) is 0. The van der Waals surface area contributed by atoms with Crippen molar-refractivity contribution in [1.82, 2.24) is 5.43 Å². The van der Waals surface area contributed by atoms with Gasteiger partial charge in [0.05, 0.1) is 5.71 Å². The van der Waals surface area contributed by atoms with Crippen molar-refractivity contribution >= 4 is 35.0 Å². The molecule has 142 valence electrons. The highest BCUT2D eigenvalue weighted by Gasteiger charge is 2.06. The molecular formula is C22H18ClFN2OS. The molecular weight excluding hydrogens is 395 g/mol. The van der Waals surface area contributed by atoms with Gasteiger partial charge in [0.15, 0.2) is 0 Å². The van der Waals surface area contributed by atoms with Crippen molar-refractivity contribution in [3.05, 3.63) is 100 Å². The van der Waals surface area contributed by atoms with Crippen LogP contribution in [0.2, 0.25) is 5.02 Å². The maximum absolute atomic E-state index is 13.0. The molecule has 0 aromatic heterocycles. The third-order valence-corrected chi connectivity index (χ3v) is 5.36. The second kappa shape index (κ2) is 9.53. The summed E-state index contributed by atoms with van der Waals surface area (Å²) in [6.07, 6.45) is 0. The first-order chi connectivity index (χ1) is 13.5. The monoisotopic (exact) mass is 412 g/mol. The Morgan fingerprint density at radius 3 is 2.21 bits per heavy atom. The van der Waals surface area contributed by atoms with Gasteiger partial charge in [-0.3, -0.25) is 4.79 Å². The molecule has 0 bridgehead atoms. The standard InChI is InChI=1S/C22H18ClFN2OS/c1-15(17-6-10-20(24)11-7-17)25-26-22(27)18-4-2-16(3-5-18)14-28-21-12-8-19(23)9-13-21/h2-13H,14H2,1H3,(H,26,27)/b25-15+. The Morgan fingerprint density at radius 2 is 1.57 bits per heavy atom. The van der Waals surface area contributed by atoms with Crippen LogP contribution in [-0.4, -0.2) is 11.6 Å². The number of nitrogens with one attached hydrogen (secondary N) is 1. The zero-order valence-corrected chi connectivity index (χ0v) is 16.7. The van der Waals surface area contributed by atoms with Crippen LogP contribution in [0.25, 0.3) is 0 Å². The maximum atomic E-state index is 13.0. The van der Waals surface area contributed by atoms with Crippen molar-refractivity contribution in [3.8, 4) is 0 Å². The second-order valence-electron chi connectivity index (χ2n) is 6.08. The first kappa shape index (κ1) is 20.1. The van der Waals surface area contributed by atoms with Crippen LogP contribution >= 0.6 is 23.4 Å². The Kier molecular flexibility index (Phi) is 6.85. The van der Waals surface area contributed by atoms with Gasteiger partial charge < -0.3 is 0 Å². The average molecular weight is 413 g/mol. The lowest BCUT2D eigenvalue weighted by atomic mass is 10.1. The normalized spacial score (nSPS) is 11.3. The molecule has 0 saturated carbocycles. The summed E-state index contributed by atoms with van der Waals surface area (Å²) < 4.78 is 13.0. The van der Waals surface area contributed by atoms with Gasteiger partial charge in [-0.25, -0.2) is 9.82 Å². The van der Waals surface area contributed by atoms with Crippen LogP contribution in [-0.2, 0) is 5.75 Å². The fraction of sp³-hybridized carbons (Fsp3) is 0.0909. The predicted octanol–water partition coefficient (Wildman–Crippen LogP) is 5.93. The molecule has 0 fully saturated rings. The van der Waals surface area contributed by atoms with Gasteiger partial charge in [-0.15, -0.1) is 11.8 Å². The van der Waals surface area contributed by atoms with E-state index >= 15 is 0 Å². The number of carbonyl (C=O) groups is 1. The lowest BCUT2D eigenvalue weighted by Crippen LogP contribution is -2.19. The molecule has 6 heteroatoms. The van der Waals surface area contributed by atoms with Crippen LogP contribution in [0.15, 0.2) is 82.8 Å². The molecule has 0 spiro atoms. The third kappa shape index (κ3) is 5.68. The van der Waals surface area contributed by atoms with Crippen LogP contribution in [0.1, 0.15) is 28.4 Å². The first-order valence-corrected chi connectivity index (χ1v) is 9.95. The highest BCUT2D eigenvalue weighted by Crippen LogP contribution is 2.24. The van der Waals surface area contributed by atoms with Crippen molar-refractivity contribution in [2.24, 2.45) is 5.10 Å². The molecule has 0 aliphatic rings. The van der Waals surface area contributed by atoms with E-state index in [0.29, 0.717) is 11.3 Å². The molecule has 3 rings (SSSR count). The lowest BCUT2D eigenvalue weighted by molar-refractivity contribution is 0.0955. The minimum atomic E-state index is -0.310. The van der Waals surface area contributed by atoms with Gasteiger partial charge in [0.2, 0.25) is 0 Å². The van der Waals surface area contributed by atoms with Gasteiger partial charge in [-0.05, 0) is 66.6 Å². The van der Waals surface area contributed by atoms with E-state index in [9.17, 15) is 9.18 Å². The van der Waals surface area contributed by atoms with Gasteiger partial charge in [0.1, 0.15) is 5.82 Å². The number of halogens is 2. The van der Waals surface area contributed by atoms with E-state index in [1.165, 1.54) is 12.1 Å². The SMILES string of the molecule is C/C(=N\NC(=O)c1ccc(CSc2ccc(Cl)cc2)cc1)c1ccc(F)cc1. The molecule has 0 aliphatic carbocycles. The summed E-state index contributed by atoms with van der Waals surface area (Å²) in [6, 6.07) is 21.0. The molecule has 3 aromatic carbocycles. The van der Waals surface area contributed by atoms with Gasteiger partial charge >= 0.3 is 0 Å². The van der Waals surface area contributed by atoms with E-state index in [1.807, 2.05) is 36.4 Å². The fourth-order valence-corrected chi connectivity index (χ4v) is 3.38. The van der Waals surface area contributed by atoms with E-state index in [4.69, 9.17) is 11.6 Å². The molecule has 3 aromatic rings. The lowest BCUT2D eigenvalue weighted by Gasteiger charge is -2.05. The predicted molar refractivity (Wildman–Crippen MR) is 114 cm³/mol. The Morgan fingerprint density at radius 1 is 0.964 bits per heavy atom. The minimum Gasteiger partial charge on any atom is -0.267 e. The first-order valence-electron chi connectivity index (χ1n) is 8.59. The third-order valence-electron chi connectivity index (χ3n) is 4.02. The van der Waals surface area contributed by atoms with Crippen molar-refractivity contribution in [2.75, 3.05) is 0 Å². The highest BCUT2D eigenvalue weighted by atomic mass is 35.5. The van der Waals surface area contributed by atoms with Crippen LogP contribution in [0.5, 0.6) is 0 Å². The van der Waals surface area contributed by atoms with Gasteiger partial charge in [-0.2, -0.15) is 5.10 Å². The number of hydrazone groups is 1. The van der Waals surface area contributed by atoms with Gasteiger partial charge in [0, 0.05) is 21.2 Å². The topological polar surface area (TPSA) is 41.5 Å². The van der Waals surface area contributed by atoms with E-state index in [0.717, 1.165) is 26.8 Å². The molecule has 1 N–H and O–H groups in total. The number of nitrogens with zero attached hydrogens (tertiary/aromatic N) is 1. The molecule has 3 nitrogen and oxygen atoms in total. The summed E-state index contributed by atoms with van der Waals surface area (Å²) in [4.78, 5) is 13.4. The number of benzene rings is 3. The summed E-state index contributed by atoms with van der Waals surface area (Å²) in [6.45, 7) is 1.75. The van der Waals surface area contributed by atoms with Gasteiger partial charge in [-0.1, -0.05) is 35.9 Å². The summed E-state index contributed by atoms with van der Waals surface area (Å²) in [5.41, 5.74) is 5.52. The molecule has 0 saturated heterocycles. The Balaban J connectivity index is 1.56. The van der Waals surface area contributed by atoms with E-state index in [2.05, 4.69) is 10.5 Å². The van der Waals surface area contributed by atoms with Gasteiger partial charge in [0.25, 0.3) is 5.91 Å². The number of amides is 1. The molecule has 1 amide bonds. The molecule has 0 atom stereocenters. The number of carbonyl (C=O) groups excluding carboxylic acids is 1. The summed E-state index contributed by atoms with van der Waals surface area (Å²) in [5.74, 6) is 0.194. The Bertz CT molecular complexity index is 971. The number of rotatable bonds is 6. The number of hydrogen-bond donors (Lipinski definition) is 1. The van der Waals surface area contributed by atoms with E-state index in [-0.39, 0.29) is 11.7 Å². The Labute approximate surface area is 172 Å². The zero-order valence-electron chi connectivity index (χ0n) is 15.2. The Hall–Kier alpha value is -2.63. The molecule has 0 aliphatic heterocycles. The van der Waals surface area contributed by atoms with Crippen molar-refractivity contribution < 1.29 is 9.18 Å². The highest BCUT2D eigenvalue weighted by molar-refractivity contribution is 7.98. The number of thioether (sulfide) groups is 1. The molecule has 28 heavy (non-hydrogen) atoms. The van der Waals surface area contributed by atoms with E-state index in [1.54, 1.807) is 43.0 Å². The second-order valence-corrected chi connectivity index (χ2v) is 7.57. The van der Waals surface area contributed by atoms with Crippen molar-refractivity contribution in [3.63, 3.8) is 0 Å². The maximum Gasteiger partial charge on any atom is 0.271 e. The molecule has 0 radical (unpaired) electrons. The van der Waals surface area contributed by atoms with Crippen LogP contribution < -0.4 is 5.43 Å². The molecule has 0 heterocycles. The minimum absolute atomic E-state index is 0.293. The van der Waals surface area contributed by atoms with Crippen LogP contribution in [0.4, 0.5) is 4.39 Å². The largest absolute Gasteiger partial charge is 0.271 e. The summed E-state index contributed by atoms with van der Waals surface area (Å²) >= 11 is 7.59. The van der Waals surface area contributed by atoms with E-state index < -0.39 is 0 Å². The van der Waals surface area contributed by atoms with Crippen molar-refractivity contribution in [2.45, 2.75) is 17.6 Å². The summed E-state index contributed by atoms with van der Waals surface area (Å²) in [5, 5.41) is 4.81. The molecule has 0 unspecified atom stereocenters. The smallest absolute Gasteiger partial charge is 0.267 e. The van der Waals surface area contributed by atoms with Crippen LogP contribution in [0, 0.1) is 5.82 Å². The van der Waals surface area contributed by atoms with Crippen LogP contribution in [0.3, 0.4) is 0 Å². The van der Waals surface area contributed by atoms with Crippen molar-refractivity contribution in [1.29, 1.82) is 0 Å².